The predicted octanol–water partition coefficient (Wildman–Crippen LogP) is 2.74. The number of aliphatic hydroxyl groups is 1. The molecule has 1 aromatic rings. The van der Waals surface area contributed by atoms with Crippen molar-refractivity contribution in [3.8, 4) is 0 Å². The van der Waals surface area contributed by atoms with E-state index in [-0.39, 0.29) is 11.7 Å². The van der Waals surface area contributed by atoms with Crippen LogP contribution in [0.3, 0.4) is 0 Å². The maximum atomic E-state index is 12.2. The predicted molar refractivity (Wildman–Crippen MR) is 73.5 cm³/mol. The third kappa shape index (κ3) is 3.33. The van der Waals surface area contributed by atoms with Crippen LogP contribution in [0, 0.1) is 0 Å². The van der Waals surface area contributed by atoms with E-state index in [0.717, 1.165) is 12.0 Å². The van der Waals surface area contributed by atoms with Crippen LogP contribution in [0.5, 0.6) is 0 Å². The average Bonchev–Trinajstić information content (AvgIpc) is 2.30. The Labute approximate surface area is 110 Å². The molecule has 0 saturated carbocycles. The summed E-state index contributed by atoms with van der Waals surface area (Å²) in [5, 5.41) is 9.79. The first-order chi connectivity index (χ1) is 8.44. The second kappa shape index (κ2) is 6.34. The summed E-state index contributed by atoms with van der Waals surface area (Å²) in [4.78, 5) is 0.375. The van der Waals surface area contributed by atoms with Gasteiger partial charge in [0.1, 0.15) is 0 Å². The first kappa shape index (κ1) is 15.2. The van der Waals surface area contributed by atoms with E-state index in [9.17, 15) is 13.5 Å². The second-order valence-corrected chi connectivity index (χ2v) is 6.69. The van der Waals surface area contributed by atoms with Gasteiger partial charge >= 0.3 is 0 Å². The molecule has 0 aliphatic rings. The molecule has 0 aliphatic carbocycles. The molecule has 1 rings (SSSR count). The highest BCUT2D eigenvalue weighted by Gasteiger charge is 2.24. The van der Waals surface area contributed by atoms with Crippen molar-refractivity contribution < 1.29 is 13.5 Å². The SMILES string of the molecule is CCCS(=O)(=O)c1ccccc1C(CC)C(C)O. The lowest BCUT2D eigenvalue weighted by molar-refractivity contribution is 0.158. The van der Waals surface area contributed by atoms with Crippen LogP contribution in [0.2, 0.25) is 0 Å². The Morgan fingerprint density at radius 2 is 1.83 bits per heavy atom. The number of rotatable bonds is 6. The molecule has 0 bridgehead atoms. The first-order valence-electron chi connectivity index (χ1n) is 6.43. The van der Waals surface area contributed by atoms with Crippen LogP contribution in [0.15, 0.2) is 29.2 Å². The summed E-state index contributed by atoms with van der Waals surface area (Å²) in [6.45, 7) is 5.52. The molecule has 18 heavy (non-hydrogen) atoms. The number of hydrogen-bond acceptors (Lipinski definition) is 3. The summed E-state index contributed by atoms with van der Waals surface area (Å²) in [7, 11) is -3.24. The van der Waals surface area contributed by atoms with Crippen molar-refractivity contribution in [1.82, 2.24) is 0 Å². The summed E-state index contributed by atoms with van der Waals surface area (Å²) in [6, 6.07) is 7.01. The van der Waals surface area contributed by atoms with Gasteiger partial charge in [-0.25, -0.2) is 8.42 Å². The zero-order valence-electron chi connectivity index (χ0n) is 11.3. The highest BCUT2D eigenvalue weighted by Crippen LogP contribution is 2.30. The zero-order chi connectivity index (χ0) is 13.8. The van der Waals surface area contributed by atoms with Gasteiger partial charge in [0.15, 0.2) is 9.84 Å². The van der Waals surface area contributed by atoms with Crippen molar-refractivity contribution in [3.63, 3.8) is 0 Å². The van der Waals surface area contributed by atoms with Crippen LogP contribution in [0.25, 0.3) is 0 Å². The Bertz CT molecular complexity index is 478. The molecule has 2 atom stereocenters. The summed E-state index contributed by atoms with van der Waals surface area (Å²) in [5.41, 5.74) is 0.739. The fraction of sp³-hybridized carbons (Fsp3) is 0.571. The van der Waals surface area contributed by atoms with Gasteiger partial charge in [-0.1, -0.05) is 32.0 Å². The van der Waals surface area contributed by atoms with Crippen LogP contribution < -0.4 is 0 Å². The molecule has 1 aromatic carbocycles. The molecule has 0 saturated heterocycles. The average molecular weight is 270 g/mol. The van der Waals surface area contributed by atoms with Gasteiger partial charge in [0.2, 0.25) is 0 Å². The van der Waals surface area contributed by atoms with Crippen molar-refractivity contribution >= 4 is 9.84 Å². The van der Waals surface area contributed by atoms with Gasteiger partial charge in [-0.15, -0.1) is 0 Å². The van der Waals surface area contributed by atoms with E-state index in [4.69, 9.17) is 0 Å². The molecule has 3 nitrogen and oxygen atoms in total. The minimum absolute atomic E-state index is 0.132. The Hall–Kier alpha value is -0.870. The lowest BCUT2D eigenvalue weighted by Gasteiger charge is -2.21. The largest absolute Gasteiger partial charge is 0.393 e. The van der Waals surface area contributed by atoms with Crippen molar-refractivity contribution in [1.29, 1.82) is 0 Å². The Morgan fingerprint density at radius 1 is 1.22 bits per heavy atom. The number of sulfone groups is 1. The van der Waals surface area contributed by atoms with Crippen LogP contribution >= 0.6 is 0 Å². The van der Waals surface area contributed by atoms with E-state index < -0.39 is 15.9 Å². The monoisotopic (exact) mass is 270 g/mol. The maximum Gasteiger partial charge on any atom is 0.178 e. The van der Waals surface area contributed by atoms with Gasteiger partial charge in [0, 0.05) is 5.92 Å². The first-order valence-corrected chi connectivity index (χ1v) is 8.09. The topological polar surface area (TPSA) is 54.4 Å². The third-order valence-electron chi connectivity index (χ3n) is 3.15. The molecule has 0 aromatic heterocycles. The Morgan fingerprint density at radius 3 is 2.33 bits per heavy atom. The molecule has 4 heteroatoms. The molecular weight excluding hydrogens is 248 g/mol. The molecule has 0 spiro atoms. The zero-order valence-corrected chi connectivity index (χ0v) is 12.1. The number of benzene rings is 1. The van der Waals surface area contributed by atoms with E-state index in [1.54, 1.807) is 19.1 Å². The maximum absolute atomic E-state index is 12.2. The van der Waals surface area contributed by atoms with Gasteiger partial charge in [-0.2, -0.15) is 0 Å². The highest BCUT2D eigenvalue weighted by molar-refractivity contribution is 7.91. The van der Waals surface area contributed by atoms with Gasteiger partial charge in [0.25, 0.3) is 0 Å². The van der Waals surface area contributed by atoms with Crippen LogP contribution in [0.1, 0.15) is 45.1 Å². The fourth-order valence-electron chi connectivity index (χ4n) is 2.27. The fourth-order valence-corrected chi connectivity index (χ4v) is 3.89. The van der Waals surface area contributed by atoms with Gasteiger partial charge < -0.3 is 5.11 Å². The quantitative estimate of drug-likeness (QED) is 0.864. The molecule has 0 amide bonds. The minimum Gasteiger partial charge on any atom is -0.393 e. The van der Waals surface area contributed by atoms with Gasteiger partial charge in [-0.05, 0) is 31.4 Å². The summed E-state index contributed by atoms with van der Waals surface area (Å²) >= 11 is 0. The third-order valence-corrected chi connectivity index (χ3v) is 5.14. The molecule has 0 heterocycles. The van der Waals surface area contributed by atoms with Crippen LogP contribution in [-0.4, -0.2) is 25.4 Å². The van der Waals surface area contributed by atoms with E-state index >= 15 is 0 Å². The molecule has 2 unspecified atom stereocenters. The van der Waals surface area contributed by atoms with Crippen LogP contribution in [-0.2, 0) is 9.84 Å². The van der Waals surface area contributed by atoms with Gasteiger partial charge in [-0.3, -0.25) is 0 Å². The molecule has 0 radical (unpaired) electrons. The smallest absolute Gasteiger partial charge is 0.178 e. The van der Waals surface area contributed by atoms with Crippen molar-refractivity contribution in [2.24, 2.45) is 0 Å². The molecular formula is C14H22O3S. The molecule has 0 fully saturated rings. The lowest BCUT2D eigenvalue weighted by Crippen LogP contribution is -2.18. The number of hydrogen-bond donors (Lipinski definition) is 1. The van der Waals surface area contributed by atoms with Gasteiger partial charge in [0.05, 0.1) is 16.8 Å². The van der Waals surface area contributed by atoms with E-state index in [0.29, 0.717) is 11.3 Å². The lowest BCUT2D eigenvalue weighted by atomic mass is 9.92. The summed E-state index contributed by atoms with van der Waals surface area (Å²) < 4.78 is 24.4. The molecule has 1 N–H and O–H groups in total. The van der Waals surface area contributed by atoms with Crippen LogP contribution in [0.4, 0.5) is 0 Å². The number of aliphatic hydroxyl groups excluding tert-OH is 1. The highest BCUT2D eigenvalue weighted by atomic mass is 32.2. The van der Waals surface area contributed by atoms with Crippen molar-refractivity contribution in [2.45, 2.75) is 50.5 Å². The Kier molecular flexibility index (Phi) is 5.35. The standard InChI is InChI=1S/C14H22O3S/c1-4-10-18(16,17)14-9-7-6-8-13(14)12(5-2)11(3)15/h6-9,11-12,15H,4-5,10H2,1-3H3. The van der Waals surface area contributed by atoms with E-state index in [2.05, 4.69) is 0 Å². The van der Waals surface area contributed by atoms with Crippen molar-refractivity contribution in [3.05, 3.63) is 29.8 Å². The minimum atomic E-state index is -3.24. The van der Waals surface area contributed by atoms with E-state index in [1.165, 1.54) is 0 Å². The van der Waals surface area contributed by atoms with E-state index in [1.807, 2.05) is 26.0 Å². The molecule has 0 aliphatic heterocycles. The Balaban J connectivity index is 3.30. The normalized spacial score (nSPS) is 15.3. The second-order valence-electron chi connectivity index (χ2n) is 4.61. The van der Waals surface area contributed by atoms with Crippen molar-refractivity contribution in [2.75, 3.05) is 5.75 Å². The summed E-state index contributed by atoms with van der Waals surface area (Å²) in [6.07, 6.45) is 0.770. The summed E-state index contributed by atoms with van der Waals surface area (Å²) in [5.74, 6) is 0.0214. The molecule has 102 valence electrons.